The van der Waals surface area contributed by atoms with E-state index in [4.69, 9.17) is 9.47 Å². The van der Waals surface area contributed by atoms with Crippen LogP contribution in [0.1, 0.15) is 48.3 Å². The van der Waals surface area contributed by atoms with Crippen LogP contribution in [0.5, 0.6) is 11.5 Å². The zero-order valence-corrected chi connectivity index (χ0v) is 25.7. The zero-order valence-electron chi connectivity index (χ0n) is 25.7. The maximum absolute atomic E-state index is 14.4. The molecule has 0 saturated carbocycles. The van der Waals surface area contributed by atoms with E-state index in [2.05, 4.69) is 15.6 Å². The maximum Gasteiger partial charge on any atom is 0.255 e. The molecule has 1 amide bonds. The molecule has 2 aliphatic rings. The summed E-state index contributed by atoms with van der Waals surface area (Å²) in [6.45, 7) is 1.05. The molecule has 0 bridgehead atoms. The molecule has 2 atom stereocenters. The Hall–Kier alpha value is -5.52. The van der Waals surface area contributed by atoms with Crippen molar-refractivity contribution in [1.82, 2.24) is 10.3 Å². The van der Waals surface area contributed by atoms with Gasteiger partial charge in [0.2, 0.25) is 29.1 Å². The number of carbonyl (C=O) groups excluding carboxylic acids is 2. The topological polar surface area (TPSA) is 89.5 Å². The molecule has 48 heavy (non-hydrogen) atoms. The number of hydrogen-bond donors (Lipinski definition) is 2. The lowest BCUT2D eigenvalue weighted by atomic mass is 9.71. The minimum Gasteiger partial charge on any atom is -0.496 e. The van der Waals surface area contributed by atoms with Gasteiger partial charge in [-0.3, -0.25) is 9.59 Å². The van der Waals surface area contributed by atoms with Gasteiger partial charge in [0.05, 0.1) is 7.11 Å². The van der Waals surface area contributed by atoms with Crippen molar-refractivity contribution in [2.45, 2.75) is 38.2 Å². The fourth-order valence-corrected chi connectivity index (χ4v) is 6.21. The van der Waals surface area contributed by atoms with E-state index >= 15 is 0 Å². The molecule has 0 radical (unpaired) electrons. The number of dihydropyridines is 1. The first-order valence-electron chi connectivity index (χ1n) is 14.9. The lowest BCUT2D eigenvalue weighted by molar-refractivity contribution is -0.116. The minimum atomic E-state index is -2.31. The van der Waals surface area contributed by atoms with Crippen LogP contribution in [0.25, 0.3) is 0 Å². The molecule has 1 aliphatic heterocycles. The van der Waals surface area contributed by atoms with Crippen LogP contribution in [-0.4, -0.2) is 23.8 Å². The average Bonchev–Trinajstić information content (AvgIpc) is 3.09. The number of Topliss-reactive ketones (excluding diaryl/α,β-unsaturated/α-hetero) is 1. The van der Waals surface area contributed by atoms with Crippen LogP contribution in [-0.2, 0) is 16.2 Å². The standard InChI is InChI=1S/C36H28F5N3O4/c1-18-27(36(46)44-26-10-6-7-13-42-26)28(29-23(43-18)15-21(16-24(29)45)19-8-4-3-5-9-19)20-11-12-25(47-2)22(14-20)17-48-35-33(40)31(38)30(37)32(39)34(35)41/h3-14,21,28,43H,15-17H2,1-2H3,(H,42,44,46)/t21-,28+/m1/s1. The number of ketones is 1. The number of hydrogen-bond acceptors (Lipinski definition) is 6. The fraction of sp³-hybridized carbons (Fsp3) is 0.194. The van der Waals surface area contributed by atoms with E-state index in [1.165, 1.54) is 25.4 Å². The fourth-order valence-electron chi connectivity index (χ4n) is 6.21. The van der Waals surface area contributed by atoms with Gasteiger partial charge < -0.3 is 20.1 Å². The molecule has 3 aromatic carbocycles. The van der Waals surface area contributed by atoms with E-state index in [0.717, 1.165) is 5.56 Å². The van der Waals surface area contributed by atoms with Gasteiger partial charge in [0.1, 0.15) is 18.2 Å². The number of pyridine rings is 1. The van der Waals surface area contributed by atoms with Gasteiger partial charge in [0, 0.05) is 46.6 Å². The number of halogens is 5. The molecular formula is C36H28F5N3O4. The first-order chi connectivity index (χ1) is 23.1. The highest BCUT2D eigenvalue weighted by Crippen LogP contribution is 2.46. The SMILES string of the molecule is COc1ccc([C@H]2C(C(=O)Nc3ccccn3)=C(C)NC3=C2C(=O)C[C@H](c2ccccc2)C3)cc1COc1c(F)c(F)c(F)c(F)c1F. The third-order valence-corrected chi connectivity index (χ3v) is 8.43. The summed E-state index contributed by atoms with van der Waals surface area (Å²) in [4.78, 5) is 32.1. The largest absolute Gasteiger partial charge is 0.496 e. The smallest absolute Gasteiger partial charge is 0.255 e. The van der Waals surface area contributed by atoms with Gasteiger partial charge in [0.25, 0.3) is 5.91 Å². The van der Waals surface area contributed by atoms with Crippen molar-refractivity contribution in [3.05, 3.63) is 141 Å². The van der Waals surface area contributed by atoms with Crippen molar-refractivity contribution in [3.8, 4) is 11.5 Å². The summed E-state index contributed by atoms with van der Waals surface area (Å²) in [5.74, 6) is -13.6. The number of allylic oxidation sites excluding steroid dienone is 3. The maximum atomic E-state index is 14.4. The van der Waals surface area contributed by atoms with Crippen LogP contribution in [0.4, 0.5) is 27.8 Å². The van der Waals surface area contributed by atoms with Gasteiger partial charge in [-0.1, -0.05) is 42.5 Å². The number of rotatable bonds is 8. The van der Waals surface area contributed by atoms with E-state index < -0.39 is 53.3 Å². The molecule has 1 aromatic heterocycles. The number of ether oxygens (including phenoxy) is 2. The molecule has 4 aromatic rings. The molecule has 246 valence electrons. The Labute approximate surface area is 272 Å². The Morgan fingerprint density at radius 2 is 1.58 bits per heavy atom. The highest BCUT2D eigenvalue weighted by molar-refractivity contribution is 6.09. The third kappa shape index (κ3) is 6.01. The van der Waals surface area contributed by atoms with Crippen molar-refractivity contribution >= 4 is 17.5 Å². The summed E-state index contributed by atoms with van der Waals surface area (Å²) < 4.78 is 80.7. The van der Waals surface area contributed by atoms with Gasteiger partial charge in [0.15, 0.2) is 11.5 Å². The van der Waals surface area contributed by atoms with Gasteiger partial charge in [-0.25, -0.2) is 18.2 Å². The molecular weight excluding hydrogens is 633 g/mol. The number of anilines is 1. The van der Waals surface area contributed by atoms with E-state index in [0.29, 0.717) is 29.0 Å². The predicted octanol–water partition coefficient (Wildman–Crippen LogP) is 7.37. The van der Waals surface area contributed by atoms with Gasteiger partial charge in [-0.05, 0) is 54.7 Å². The van der Waals surface area contributed by atoms with Crippen LogP contribution in [0.3, 0.4) is 0 Å². The van der Waals surface area contributed by atoms with Crippen molar-refractivity contribution < 1.29 is 41.0 Å². The molecule has 2 N–H and O–H groups in total. The second kappa shape index (κ2) is 13.3. The number of nitrogens with one attached hydrogen (secondary N) is 2. The van der Waals surface area contributed by atoms with Crippen molar-refractivity contribution in [1.29, 1.82) is 0 Å². The normalized spacial score (nSPS) is 17.5. The Balaban J connectivity index is 1.42. The van der Waals surface area contributed by atoms with Crippen molar-refractivity contribution in [2.75, 3.05) is 12.4 Å². The van der Waals surface area contributed by atoms with E-state index in [-0.39, 0.29) is 40.8 Å². The number of methoxy groups -OCH3 is 1. The highest BCUT2D eigenvalue weighted by Gasteiger charge is 2.41. The third-order valence-electron chi connectivity index (χ3n) is 8.43. The average molecular weight is 662 g/mol. The number of amides is 1. The number of benzene rings is 3. The Bertz CT molecular complexity index is 1950. The predicted molar refractivity (Wildman–Crippen MR) is 165 cm³/mol. The zero-order chi connectivity index (χ0) is 34.1. The number of nitrogens with zero attached hydrogens (tertiary/aromatic N) is 1. The molecule has 2 heterocycles. The lowest BCUT2D eigenvalue weighted by Gasteiger charge is -2.37. The van der Waals surface area contributed by atoms with Crippen LogP contribution in [0, 0.1) is 29.1 Å². The van der Waals surface area contributed by atoms with Crippen LogP contribution >= 0.6 is 0 Å². The monoisotopic (exact) mass is 661 g/mol. The van der Waals surface area contributed by atoms with Gasteiger partial charge >= 0.3 is 0 Å². The van der Waals surface area contributed by atoms with E-state index in [1.54, 1.807) is 31.2 Å². The summed E-state index contributed by atoms with van der Waals surface area (Å²) in [7, 11) is 1.33. The minimum absolute atomic E-state index is 0.108. The van der Waals surface area contributed by atoms with Gasteiger partial charge in [-0.15, -0.1) is 0 Å². The van der Waals surface area contributed by atoms with Crippen molar-refractivity contribution in [3.63, 3.8) is 0 Å². The summed E-state index contributed by atoms with van der Waals surface area (Å²) in [6, 6.07) is 19.3. The molecule has 0 saturated heterocycles. The van der Waals surface area contributed by atoms with Crippen molar-refractivity contribution in [2.24, 2.45) is 0 Å². The number of aromatic nitrogens is 1. The van der Waals surface area contributed by atoms with E-state index in [1.807, 2.05) is 30.3 Å². The molecule has 12 heteroatoms. The molecule has 6 rings (SSSR count). The van der Waals surface area contributed by atoms with Gasteiger partial charge in [-0.2, -0.15) is 8.78 Å². The Morgan fingerprint density at radius 1 is 0.896 bits per heavy atom. The van der Waals surface area contributed by atoms with Crippen LogP contribution in [0.15, 0.2) is 95.5 Å². The molecule has 0 unspecified atom stereocenters. The summed E-state index contributed by atoms with van der Waals surface area (Å²) in [6.07, 6.45) is 2.19. The first kappa shape index (κ1) is 32.4. The van der Waals surface area contributed by atoms with E-state index in [9.17, 15) is 31.5 Å². The van der Waals surface area contributed by atoms with Crippen LogP contribution in [0.2, 0.25) is 0 Å². The molecule has 0 spiro atoms. The summed E-state index contributed by atoms with van der Waals surface area (Å²) in [5.41, 5.74) is 3.31. The lowest BCUT2D eigenvalue weighted by Crippen LogP contribution is -2.37. The highest BCUT2D eigenvalue weighted by atomic mass is 19.2. The Kier molecular flexibility index (Phi) is 8.99. The Morgan fingerprint density at radius 3 is 2.25 bits per heavy atom. The summed E-state index contributed by atoms with van der Waals surface area (Å²) in [5, 5.41) is 6.08. The second-order valence-electron chi connectivity index (χ2n) is 11.4. The number of carbonyl (C=O) groups is 2. The first-order valence-corrected chi connectivity index (χ1v) is 14.9. The quantitative estimate of drug-likeness (QED) is 0.117. The second-order valence-corrected chi connectivity index (χ2v) is 11.4. The van der Waals surface area contributed by atoms with Crippen LogP contribution < -0.4 is 20.1 Å². The molecule has 1 aliphatic carbocycles. The molecule has 0 fully saturated rings. The molecule has 7 nitrogen and oxygen atoms in total. The summed E-state index contributed by atoms with van der Waals surface area (Å²) >= 11 is 0.